The van der Waals surface area contributed by atoms with E-state index in [1.807, 2.05) is 36.5 Å². The Bertz CT molecular complexity index is 1500. The number of aromatic nitrogens is 4. The third-order valence-corrected chi connectivity index (χ3v) is 6.12. The molecule has 4 heterocycles. The Labute approximate surface area is 190 Å². The van der Waals surface area contributed by atoms with Gasteiger partial charge in [-0.05, 0) is 36.4 Å². The summed E-state index contributed by atoms with van der Waals surface area (Å²) in [6.07, 6.45) is 1.81. The van der Waals surface area contributed by atoms with Gasteiger partial charge in [-0.3, -0.25) is 4.98 Å². The second-order valence-electron chi connectivity index (χ2n) is 8.07. The van der Waals surface area contributed by atoms with Gasteiger partial charge in [-0.2, -0.15) is 10.4 Å². The van der Waals surface area contributed by atoms with Crippen molar-refractivity contribution in [3.05, 3.63) is 78.6 Å². The van der Waals surface area contributed by atoms with Gasteiger partial charge in [0, 0.05) is 54.6 Å². The normalized spacial score (nSPS) is 14.0. The van der Waals surface area contributed by atoms with E-state index in [-0.39, 0.29) is 0 Å². The fourth-order valence-corrected chi connectivity index (χ4v) is 4.49. The van der Waals surface area contributed by atoms with E-state index in [0.29, 0.717) is 11.3 Å². The zero-order valence-electron chi connectivity index (χ0n) is 17.9. The van der Waals surface area contributed by atoms with E-state index < -0.39 is 0 Å². The van der Waals surface area contributed by atoms with Crippen molar-refractivity contribution in [2.75, 3.05) is 31.1 Å². The first kappa shape index (κ1) is 19.4. The van der Waals surface area contributed by atoms with Gasteiger partial charge in [0.25, 0.3) is 0 Å². The molecule has 1 fully saturated rings. The molecule has 160 valence electrons. The Morgan fingerprint density at radius 1 is 0.909 bits per heavy atom. The van der Waals surface area contributed by atoms with Crippen LogP contribution in [0.2, 0.25) is 0 Å². The standard InChI is InChI=1S/C26H21N7/c27-17-19-7-10-24-30-25(18-5-8-20(9-6-18)32-15-13-28-14-16-32)26(33(24)31-19)22-11-12-29-23-4-2-1-3-21(22)23/h1-12,28H,13-16H2. The first-order chi connectivity index (χ1) is 16.3. The summed E-state index contributed by atoms with van der Waals surface area (Å²) in [5.41, 5.74) is 6.85. The summed E-state index contributed by atoms with van der Waals surface area (Å²) in [7, 11) is 0. The number of hydrogen-bond donors (Lipinski definition) is 1. The second-order valence-corrected chi connectivity index (χ2v) is 8.07. The molecule has 7 nitrogen and oxygen atoms in total. The first-order valence-electron chi connectivity index (χ1n) is 11.0. The lowest BCUT2D eigenvalue weighted by Crippen LogP contribution is -2.43. The van der Waals surface area contributed by atoms with Crippen LogP contribution in [-0.4, -0.2) is 45.8 Å². The molecule has 1 aliphatic heterocycles. The highest BCUT2D eigenvalue weighted by Crippen LogP contribution is 2.36. The van der Waals surface area contributed by atoms with Crippen LogP contribution < -0.4 is 10.2 Å². The monoisotopic (exact) mass is 431 g/mol. The molecule has 1 N–H and O–H groups in total. The summed E-state index contributed by atoms with van der Waals surface area (Å²) in [6.45, 7) is 4.01. The van der Waals surface area contributed by atoms with E-state index in [1.165, 1.54) is 5.69 Å². The minimum atomic E-state index is 0.347. The molecular weight excluding hydrogens is 410 g/mol. The number of piperazine rings is 1. The van der Waals surface area contributed by atoms with Crippen molar-refractivity contribution in [1.29, 1.82) is 5.26 Å². The Hall–Kier alpha value is -4.28. The number of imidazole rings is 1. The third-order valence-electron chi connectivity index (χ3n) is 6.12. The van der Waals surface area contributed by atoms with Crippen LogP contribution in [-0.2, 0) is 0 Å². The number of nitrogens with zero attached hydrogens (tertiary/aromatic N) is 6. The minimum Gasteiger partial charge on any atom is -0.369 e. The van der Waals surface area contributed by atoms with Crippen molar-refractivity contribution in [2.45, 2.75) is 0 Å². The summed E-state index contributed by atoms with van der Waals surface area (Å²) in [6, 6.07) is 24.3. The molecule has 0 atom stereocenters. The first-order valence-corrected chi connectivity index (χ1v) is 11.0. The molecule has 0 radical (unpaired) electrons. The van der Waals surface area contributed by atoms with Gasteiger partial charge in [-0.1, -0.05) is 30.3 Å². The predicted octanol–water partition coefficient (Wildman–Crippen LogP) is 3.89. The zero-order chi connectivity index (χ0) is 22.2. The van der Waals surface area contributed by atoms with E-state index in [1.54, 1.807) is 10.6 Å². The molecule has 3 aromatic heterocycles. The van der Waals surface area contributed by atoms with Crippen LogP contribution in [0.15, 0.2) is 72.9 Å². The van der Waals surface area contributed by atoms with Crippen LogP contribution >= 0.6 is 0 Å². The van der Waals surface area contributed by atoms with Crippen LogP contribution in [0.3, 0.4) is 0 Å². The van der Waals surface area contributed by atoms with Crippen LogP contribution in [0.4, 0.5) is 5.69 Å². The van der Waals surface area contributed by atoms with Crippen molar-refractivity contribution in [2.24, 2.45) is 0 Å². The molecule has 33 heavy (non-hydrogen) atoms. The maximum atomic E-state index is 9.44. The SMILES string of the molecule is N#Cc1ccc2nc(-c3ccc(N4CCNCC4)cc3)c(-c3ccnc4ccccc34)n2n1. The molecule has 0 bridgehead atoms. The van der Waals surface area contributed by atoms with Crippen LogP contribution in [0.5, 0.6) is 0 Å². The Balaban J connectivity index is 1.56. The molecule has 0 unspecified atom stereocenters. The zero-order valence-corrected chi connectivity index (χ0v) is 17.9. The quantitative estimate of drug-likeness (QED) is 0.467. The minimum absolute atomic E-state index is 0.347. The van der Waals surface area contributed by atoms with Crippen molar-refractivity contribution >= 4 is 22.2 Å². The average Bonchev–Trinajstić information content (AvgIpc) is 3.27. The summed E-state index contributed by atoms with van der Waals surface area (Å²) in [4.78, 5) is 11.8. The Morgan fingerprint density at radius 3 is 2.55 bits per heavy atom. The Morgan fingerprint density at radius 2 is 1.73 bits per heavy atom. The van der Waals surface area contributed by atoms with Gasteiger partial charge in [0.2, 0.25) is 0 Å². The number of fused-ring (bicyclic) bond motifs is 2. The number of pyridine rings is 1. The predicted molar refractivity (Wildman–Crippen MR) is 129 cm³/mol. The van der Waals surface area contributed by atoms with Crippen molar-refractivity contribution in [3.8, 4) is 28.6 Å². The van der Waals surface area contributed by atoms with Crippen LogP contribution in [0, 0.1) is 11.3 Å². The molecule has 5 aromatic rings. The largest absolute Gasteiger partial charge is 0.369 e. The number of rotatable bonds is 3. The fraction of sp³-hybridized carbons (Fsp3) is 0.154. The lowest BCUT2D eigenvalue weighted by Gasteiger charge is -2.29. The third kappa shape index (κ3) is 3.37. The van der Waals surface area contributed by atoms with Crippen molar-refractivity contribution in [1.82, 2.24) is 24.9 Å². The van der Waals surface area contributed by atoms with Gasteiger partial charge in [-0.25, -0.2) is 9.50 Å². The van der Waals surface area contributed by atoms with Crippen LogP contribution in [0.25, 0.3) is 39.1 Å². The molecule has 0 saturated carbocycles. The highest BCUT2D eigenvalue weighted by molar-refractivity contribution is 5.97. The topological polar surface area (TPSA) is 82.1 Å². The van der Waals surface area contributed by atoms with E-state index in [4.69, 9.17) is 4.98 Å². The Kier molecular flexibility index (Phi) is 4.71. The summed E-state index contributed by atoms with van der Waals surface area (Å²) in [5.74, 6) is 0. The molecule has 0 amide bonds. The van der Waals surface area contributed by atoms with Crippen LogP contribution in [0.1, 0.15) is 5.69 Å². The molecular formula is C26H21N7. The number of nitriles is 1. The summed E-state index contributed by atoms with van der Waals surface area (Å²) in [5, 5.41) is 18.4. The molecule has 2 aromatic carbocycles. The lowest BCUT2D eigenvalue weighted by molar-refractivity contribution is 0.589. The van der Waals surface area contributed by atoms with Gasteiger partial charge >= 0.3 is 0 Å². The van der Waals surface area contributed by atoms with Gasteiger partial charge in [0.1, 0.15) is 11.8 Å². The molecule has 1 aliphatic rings. The molecule has 0 aliphatic carbocycles. The number of nitrogens with one attached hydrogen (secondary N) is 1. The average molecular weight is 432 g/mol. The second kappa shape index (κ2) is 8.01. The van der Waals surface area contributed by atoms with E-state index in [0.717, 1.165) is 59.6 Å². The van der Waals surface area contributed by atoms with Gasteiger partial charge in [0.15, 0.2) is 11.3 Å². The number of benzene rings is 2. The van der Waals surface area contributed by atoms with E-state index in [9.17, 15) is 5.26 Å². The lowest BCUT2D eigenvalue weighted by atomic mass is 10.0. The molecule has 0 spiro atoms. The smallest absolute Gasteiger partial charge is 0.161 e. The fourth-order valence-electron chi connectivity index (χ4n) is 4.49. The van der Waals surface area contributed by atoms with Gasteiger partial charge in [-0.15, -0.1) is 0 Å². The number of para-hydroxylation sites is 1. The van der Waals surface area contributed by atoms with Crippen molar-refractivity contribution < 1.29 is 0 Å². The number of hydrogen-bond acceptors (Lipinski definition) is 6. The maximum Gasteiger partial charge on any atom is 0.161 e. The van der Waals surface area contributed by atoms with Gasteiger partial charge in [0.05, 0.1) is 11.2 Å². The highest BCUT2D eigenvalue weighted by atomic mass is 15.3. The highest BCUT2D eigenvalue weighted by Gasteiger charge is 2.20. The summed E-state index contributed by atoms with van der Waals surface area (Å²) < 4.78 is 1.78. The molecule has 7 heteroatoms. The van der Waals surface area contributed by atoms with Crippen molar-refractivity contribution in [3.63, 3.8) is 0 Å². The summed E-state index contributed by atoms with van der Waals surface area (Å²) >= 11 is 0. The van der Waals surface area contributed by atoms with E-state index >= 15 is 0 Å². The maximum absolute atomic E-state index is 9.44. The van der Waals surface area contributed by atoms with Gasteiger partial charge < -0.3 is 10.2 Å². The molecule has 6 rings (SSSR count). The number of anilines is 1. The molecule has 1 saturated heterocycles. The van der Waals surface area contributed by atoms with E-state index in [2.05, 4.69) is 56.7 Å².